The van der Waals surface area contributed by atoms with Crippen LogP contribution in [0.3, 0.4) is 0 Å². The average molecular weight is 328 g/mol. The maximum Gasteiger partial charge on any atom is 0.241 e. The molecule has 1 amide bonds. The zero-order chi connectivity index (χ0) is 17.2. The van der Waals surface area contributed by atoms with Crippen molar-refractivity contribution in [3.8, 4) is 5.75 Å². The molecule has 3 rings (SSSR count). The monoisotopic (exact) mass is 328 g/mol. The SMILES string of the molecule is Cc1n[nH]c(C)c1[C@@H](N)C(=O)NCC1(COc2ccccc2)CC1. The maximum absolute atomic E-state index is 12.4. The van der Waals surface area contributed by atoms with Gasteiger partial charge in [-0.15, -0.1) is 0 Å². The largest absolute Gasteiger partial charge is 0.493 e. The molecule has 128 valence electrons. The molecule has 0 saturated heterocycles. The predicted octanol–water partition coefficient (Wildman–Crippen LogP) is 2.00. The number of carbonyl (C=O) groups excluding carboxylic acids is 1. The molecule has 1 aliphatic carbocycles. The van der Waals surface area contributed by atoms with Gasteiger partial charge in [0.2, 0.25) is 5.91 Å². The number of H-pyrrole nitrogens is 1. The summed E-state index contributed by atoms with van der Waals surface area (Å²) in [5, 5.41) is 9.94. The summed E-state index contributed by atoms with van der Waals surface area (Å²) in [4.78, 5) is 12.4. The van der Waals surface area contributed by atoms with Crippen LogP contribution in [0.4, 0.5) is 0 Å². The van der Waals surface area contributed by atoms with Gasteiger partial charge in [0, 0.05) is 23.2 Å². The molecule has 0 aliphatic heterocycles. The van der Waals surface area contributed by atoms with E-state index in [2.05, 4.69) is 15.5 Å². The Morgan fingerprint density at radius 1 is 1.38 bits per heavy atom. The number of hydrogen-bond donors (Lipinski definition) is 3. The number of nitrogens with one attached hydrogen (secondary N) is 2. The number of aryl methyl sites for hydroxylation is 2. The minimum absolute atomic E-state index is 0.0334. The van der Waals surface area contributed by atoms with Gasteiger partial charge >= 0.3 is 0 Å². The van der Waals surface area contributed by atoms with Crippen molar-refractivity contribution in [2.45, 2.75) is 32.7 Å². The highest BCUT2D eigenvalue weighted by Gasteiger charge is 2.44. The van der Waals surface area contributed by atoms with Gasteiger partial charge in [0.1, 0.15) is 11.8 Å². The molecule has 2 aromatic rings. The Hall–Kier alpha value is -2.34. The second kappa shape index (κ2) is 6.65. The predicted molar refractivity (Wildman–Crippen MR) is 91.6 cm³/mol. The van der Waals surface area contributed by atoms with Crippen molar-refractivity contribution < 1.29 is 9.53 Å². The van der Waals surface area contributed by atoms with E-state index >= 15 is 0 Å². The summed E-state index contributed by atoms with van der Waals surface area (Å²) in [6.07, 6.45) is 2.11. The lowest BCUT2D eigenvalue weighted by atomic mass is 10.0. The van der Waals surface area contributed by atoms with E-state index in [-0.39, 0.29) is 11.3 Å². The number of nitrogens with two attached hydrogens (primary N) is 1. The summed E-state index contributed by atoms with van der Waals surface area (Å²) in [6, 6.07) is 9.04. The van der Waals surface area contributed by atoms with Crippen molar-refractivity contribution in [2.24, 2.45) is 11.1 Å². The molecule has 6 nitrogen and oxygen atoms in total. The first-order chi connectivity index (χ1) is 11.5. The second-order valence-corrected chi connectivity index (χ2v) is 6.64. The van der Waals surface area contributed by atoms with E-state index in [1.54, 1.807) is 0 Å². The molecule has 1 saturated carbocycles. The van der Waals surface area contributed by atoms with Crippen LogP contribution >= 0.6 is 0 Å². The molecule has 1 atom stereocenters. The fraction of sp³-hybridized carbons (Fsp3) is 0.444. The topological polar surface area (TPSA) is 93.0 Å². The van der Waals surface area contributed by atoms with Crippen LogP contribution in [-0.2, 0) is 4.79 Å². The van der Waals surface area contributed by atoms with Crippen molar-refractivity contribution in [2.75, 3.05) is 13.2 Å². The number of rotatable bonds is 7. The fourth-order valence-electron chi connectivity index (χ4n) is 2.84. The van der Waals surface area contributed by atoms with Crippen molar-refractivity contribution in [1.29, 1.82) is 0 Å². The number of amides is 1. The average Bonchev–Trinajstić information content (AvgIpc) is 3.29. The van der Waals surface area contributed by atoms with E-state index in [1.807, 2.05) is 44.2 Å². The van der Waals surface area contributed by atoms with E-state index in [0.29, 0.717) is 13.2 Å². The standard InChI is InChI=1S/C18H24N4O2/c1-12-15(13(2)22-21-12)16(19)17(23)20-10-18(8-9-18)11-24-14-6-4-3-5-7-14/h3-7,16H,8-11,19H2,1-2H3,(H,20,23)(H,21,22)/t16-/m1/s1. The molecule has 0 unspecified atom stereocenters. The van der Waals surface area contributed by atoms with Crippen LogP contribution in [0.2, 0.25) is 0 Å². The van der Waals surface area contributed by atoms with Crippen molar-refractivity contribution >= 4 is 5.91 Å². The molecule has 1 fully saturated rings. The summed E-state index contributed by atoms with van der Waals surface area (Å²) in [6.45, 7) is 4.92. The van der Waals surface area contributed by atoms with Crippen LogP contribution < -0.4 is 15.8 Å². The van der Waals surface area contributed by atoms with E-state index in [0.717, 1.165) is 35.5 Å². The first kappa shape index (κ1) is 16.5. The van der Waals surface area contributed by atoms with Gasteiger partial charge in [-0.3, -0.25) is 9.89 Å². The van der Waals surface area contributed by atoms with Crippen molar-refractivity contribution in [3.63, 3.8) is 0 Å². The lowest BCUT2D eigenvalue weighted by Gasteiger charge is -2.19. The van der Waals surface area contributed by atoms with Gasteiger partial charge in [-0.25, -0.2) is 0 Å². The second-order valence-electron chi connectivity index (χ2n) is 6.64. The third-order valence-electron chi connectivity index (χ3n) is 4.66. The Kier molecular flexibility index (Phi) is 4.57. The van der Waals surface area contributed by atoms with Gasteiger partial charge in [0.05, 0.1) is 12.3 Å². The number of nitrogens with zero attached hydrogens (tertiary/aromatic N) is 1. The third-order valence-corrected chi connectivity index (χ3v) is 4.66. The summed E-state index contributed by atoms with van der Waals surface area (Å²) in [7, 11) is 0. The normalized spacial score (nSPS) is 16.5. The van der Waals surface area contributed by atoms with Crippen LogP contribution in [0, 0.1) is 19.3 Å². The molecule has 1 aliphatic rings. The van der Waals surface area contributed by atoms with E-state index in [1.165, 1.54) is 0 Å². The van der Waals surface area contributed by atoms with E-state index in [4.69, 9.17) is 10.5 Å². The number of para-hydroxylation sites is 1. The highest BCUT2D eigenvalue weighted by atomic mass is 16.5. The van der Waals surface area contributed by atoms with Crippen LogP contribution in [-0.4, -0.2) is 29.3 Å². The van der Waals surface area contributed by atoms with E-state index in [9.17, 15) is 4.79 Å². The van der Waals surface area contributed by atoms with Crippen LogP contribution in [0.15, 0.2) is 30.3 Å². The Labute approximate surface area is 141 Å². The fourth-order valence-corrected chi connectivity index (χ4v) is 2.84. The molecule has 1 heterocycles. The molecule has 6 heteroatoms. The summed E-state index contributed by atoms with van der Waals surface area (Å²) in [5.74, 6) is 0.685. The molecular formula is C18H24N4O2. The molecule has 1 aromatic carbocycles. The lowest BCUT2D eigenvalue weighted by Crippen LogP contribution is -2.39. The third kappa shape index (κ3) is 3.59. The molecular weight excluding hydrogens is 304 g/mol. The van der Waals surface area contributed by atoms with Gasteiger partial charge in [-0.2, -0.15) is 5.10 Å². The molecule has 0 bridgehead atoms. The Balaban J connectivity index is 1.52. The number of benzene rings is 1. The van der Waals surface area contributed by atoms with Gasteiger partial charge < -0.3 is 15.8 Å². The number of ether oxygens (including phenoxy) is 1. The Morgan fingerprint density at radius 3 is 2.67 bits per heavy atom. The summed E-state index contributed by atoms with van der Waals surface area (Å²) < 4.78 is 5.84. The minimum atomic E-state index is -0.699. The number of aromatic nitrogens is 2. The lowest BCUT2D eigenvalue weighted by molar-refractivity contribution is -0.122. The van der Waals surface area contributed by atoms with Gasteiger partial charge in [0.15, 0.2) is 0 Å². The van der Waals surface area contributed by atoms with Gasteiger partial charge in [-0.1, -0.05) is 18.2 Å². The molecule has 0 radical (unpaired) electrons. The maximum atomic E-state index is 12.4. The highest BCUT2D eigenvalue weighted by Crippen LogP contribution is 2.45. The molecule has 0 spiro atoms. The summed E-state index contributed by atoms with van der Waals surface area (Å²) >= 11 is 0. The highest BCUT2D eigenvalue weighted by molar-refractivity contribution is 5.83. The first-order valence-corrected chi connectivity index (χ1v) is 8.23. The minimum Gasteiger partial charge on any atom is -0.493 e. The van der Waals surface area contributed by atoms with Crippen LogP contribution in [0.5, 0.6) is 5.75 Å². The molecule has 4 N–H and O–H groups in total. The Morgan fingerprint density at radius 2 is 2.08 bits per heavy atom. The van der Waals surface area contributed by atoms with Crippen LogP contribution in [0.1, 0.15) is 35.8 Å². The summed E-state index contributed by atoms with van der Waals surface area (Å²) in [5.41, 5.74) is 8.51. The zero-order valence-corrected chi connectivity index (χ0v) is 14.1. The number of hydrogen-bond acceptors (Lipinski definition) is 4. The zero-order valence-electron chi connectivity index (χ0n) is 14.1. The van der Waals surface area contributed by atoms with Gasteiger partial charge in [-0.05, 0) is 38.8 Å². The molecule has 1 aromatic heterocycles. The number of carbonyl (C=O) groups is 1. The van der Waals surface area contributed by atoms with Crippen LogP contribution in [0.25, 0.3) is 0 Å². The number of aromatic amines is 1. The first-order valence-electron chi connectivity index (χ1n) is 8.23. The smallest absolute Gasteiger partial charge is 0.241 e. The quantitative estimate of drug-likeness (QED) is 0.725. The Bertz CT molecular complexity index is 688. The van der Waals surface area contributed by atoms with E-state index < -0.39 is 6.04 Å². The van der Waals surface area contributed by atoms with Gasteiger partial charge in [0.25, 0.3) is 0 Å². The van der Waals surface area contributed by atoms with Crippen molar-refractivity contribution in [3.05, 3.63) is 47.3 Å². The molecule has 24 heavy (non-hydrogen) atoms. The van der Waals surface area contributed by atoms with Crippen molar-refractivity contribution in [1.82, 2.24) is 15.5 Å².